The summed E-state index contributed by atoms with van der Waals surface area (Å²) in [6.07, 6.45) is 3.12. The quantitative estimate of drug-likeness (QED) is 0.635. The first-order chi connectivity index (χ1) is 12.2. The summed E-state index contributed by atoms with van der Waals surface area (Å²) in [5.74, 6) is 0.119. The molecule has 3 rings (SSSR count). The molecule has 0 fully saturated rings. The second-order valence-electron chi connectivity index (χ2n) is 6.37. The molecular weight excluding hydrogens is 328 g/mol. The van der Waals surface area contributed by atoms with E-state index in [-0.39, 0.29) is 11.9 Å². The number of amides is 1. The van der Waals surface area contributed by atoms with Gasteiger partial charge in [-0.1, -0.05) is 48.9 Å². The predicted octanol–water partition coefficient (Wildman–Crippen LogP) is 5.19. The van der Waals surface area contributed by atoms with Gasteiger partial charge in [0.05, 0.1) is 21.3 Å². The van der Waals surface area contributed by atoms with E-state index >= 15 is 0 Å². The zero-order valence-corrected chi connectivity index (χ0v) is 15.6. The van der Waals surface area contributed by atoms with Crippen molar-refractivity contribution in [2.75, 3.05) is 0 Å². The van der Waals surface area contributed by atoms with Gasteiger partial charge in [0, 0.05) is 6.42 Å². The third-order valence-electron chi connectivity index (χ3n) is 4.36. The standard InChI is InChI=1S/C21H24N2OS/c1-3-17(16-13-11-15(2)12-14-16)22-20(24)9-6-10-21-23-18-7-4-5-8-19(18)25-21/h4-5,7-8,11-14,17H,3,6,9-10H2,1-2H3,(H,22,24). The van der Waals surface area contributed by atoms with Crippen LogP contribution in [-0.2, 0) is 11.2 Å². The molecule has 1 unspecified atom stereocenters. The van der Waals surface area contributed by atoms with Crippen LogP contribution in [0.3, 0.4) is 0 Å². The van der Waals surface area contributed by atoms with E-state index < -0.39 is 0 Å². The van der Waals surface area contributed by atoms with Gasteiger partial charge in [-0.3, -0.25) is 4.79 Å². The number of fused-ring (bicyclic) bond motifs is 1. The van der Waals surface area contributed by atoms with E-state index in [2.05, 4.69) is 54.5 Å². The van der Waals surface area contributed by atoms with Crippen LogP contribution in [0.2, 0.25) is 0 Å². The largest absolute Gasteiger partial charge is 0.349 e. The van der Waals surface area contributed by atoms with Crippen molar-refractivity contribution in [1.82, 2.24) is 10.3 Å². The van der Waals surface area contributed by atoms with Crippen LogP contribution in [0.4, 0.5) is 0 Å². The van der Waals surface area contributed by atoms with Gasteiger partial charge in [0.2, 0.25) is 5.91 Å². The minimum Gasteiger partial charge on any atom is -0.349 e. The number of rotatable bonds is 7. The molecule has 3 nitrogen and oxygen atoms in total. The molecule has 1 amide bonds. The molecule has 1 aromatic heterocycles. The summed E-state index contributed by atoms with van der Waals surface area (Å²) in [5, 5.41) is 4.27. The van der Waals surface area contributed by atoms with Gasteiger partial charge in [-0.25, -0.2) is 4.98 Å². The molecule has 0 bridgehead atoms. The van der Waals surface area contributed by atoms with Crippen molar-refractivity contribution in [2.24, 2.45) is 0 Å². The molecule has 0 saturated heterocycles. The number of nitrogens with zero attached hydrogens (tertiary/aromatic N) is 1. The lowest BCUT2D eigenvalue weighted by Crippen LogP contribution is -2.27. The second kappa shape index (κ2) is 8.26. The number of thiazole rings is 1. The molecular formula is C21H24N2OS. The molecule has 3 aromatic rings. The van der Waals surface area contributed by atoms with E-state index in [1.54, 1.807) is 11.3 Å². The second-order valence-corrected chi connectivity index (χ2v) is 7.48. The zero-order chi connectivity index (χ0) is 17.6. The molecule has 0 spiro atoms. The third kappa shape index (κ3) is 4.67. The summed E-state index contributed by atoms with van der Waals surface area (Å²) in [6.45, 7) is 4.18. The molecule has 1 N–H and O–H groups in total. The van der Waals surface area contributed by atoms with E-state index in [0.29, 0.717) is 6.42 Å². The van der Waals surface area contributed by atoms with E-state index in [0.717, 1.165) is 29.8 Å². The van der Waals surface area contributed by atoms with Gasteiger partial charge < -0.3 is 5.32 Å². The number of hydrogen-bond donors (Lipinski definition) is 1. The molecule has 130 valence electrons. The van der Waals surface area contributed by atoms with Crippen LogP contribution >= 0.6 is 11.3 Å². The first-order valence-corrected chi connectivity index (χ1v) is 9.67. The first kappa shape index (κ1) is 17.6. The van der Waals surface area contributed by atoms with Crippen molar-refractivity contribution in [3.05, 3.63) is 64.7 Å². The highest BCUT2D eigenvalue weighted by molar-refractivity contribution is 7.18. The summed E-state index contributed by atoms with van der Waals surface area (Å²) in [6, 6.07) is 16.7. The molecule has 0 radical (unpaired) electrons. The molecule has 1 heterocycles. The van der Waals surface area contributed by atoms with Crippen molar-refractivity contribution >= 4 is 27.5 Å². The number of aryl methyl sites for hydroxylation is 2. The Bertz CT molecular complexity index is 805. The Hall–Kier alpha value is -2.20. The number of carbonyl (C=O) groups excluding carboxylic acids is 1. The Morgan fingerprint density at radius 3 is 2.64 bits per heavy atom. The Kier molecular flexibility index (Phi) is 5.82. The van der Waals surface area contributed by atoms with Crippen molar-refractivity contribution in [2.45, 2.75) is 45.6 Å². The van der Waals surface area contributed by atoms with Crippen LogP contribution in [-0.4, -0.2) is 10.9 Å². The smallest absolute Gasteiger partial charge is 0.220 e. The Labute approximate surface area is 153 Å². The molecule has 0 aliphatic carbocycles. The summed E-state index contributed by atoms with van der Waals surface area (Å²) in [4.78, 5) is 16.9. The molecule has 0 saturated carbocycles. The van der Waals surface area contributed by atoms with Gasteiger partial charge in [0.15, 0.2) is 0 Å². The number of aromatic nitrogens is 1. The van der Waals surface area contributed by atoms with E-state index in [1.165, 1.54) is 15.8 Å². The minimum atomic E-state index is 0.0931. The Balaban J connectivity index is 1.50. The van der Waals surface area contributed by atoms with Gasteiger partial charge in [-0.15, -0.1) is 11.3 Å². The van der Waals surface area contributed by atoms with Crippen molar-refractivity contribution in [3.63, 3.8) is 0 Å². The maximum atomic E-state index is 12.3. The Morgan fingerprint density at radius 1 is 1.16 bits per heavy atom. The fourth-order valence-corrected chi connectivity index (χ4v) is 3.92. The lowest BCUT2D eigenvalue weighted by molar-refractivity contribution is -0.122. The van der Waals surface area contributed by atoms with Crippen molar-refractivity contribution < 1.29 is 4.79 Å². The van der Waals surface area contributed by atoms with E-state index in [4.69, 9.17) is 0 Å². The maximum Gasteiger partial charge on any atom is 0.220 e. The average Bonchev–Trinajstić information content (AvgIpc) is 3.03. The summed E-state index contributed by atoms with van der Waals surface area (Å²) >= 11 is 1.72. The van der Waals surface area contributed by atoms with E-state index in [1.807, 2.05) is 18.2 Å². The van der Waals surface area contributed by atoms with Crippen LogP contribution in [0.15, 0.2) is 48.5 Å². The highest BCUT2D eigenvalue weighted by Crippen LogP contribution is 2.23. The van der Waals surface area contributed by atoms with Gasteiger partial charge in [-0.2, -0.15) is 0 Å². The van der Waals surface area contributed by atoms with Crippen LogP contribution in [0, 0.1) is 6.92 Å². The van der Waals surface area contributed by atoms with E-state index in [9.17, 15) is 4.79 Å². The number of carbonyl (C=O) groups is 1. The lowest BCUT2D eigenvalue weighted by Gasteiger charge is -2.17. The van der Waals surface area contributed by atoms with Gasteiger partial charge >= 0.3 is 0 Å². The number of benzene rings is 2. The monoisotopic (exact) mass is 352 g/mol. The molecule has 4 heteroatoms. The van der Waals surface area contributed by atoms with Crippen LogP contribution < -0.4 is 5.32 Å². The first-order valence-electron chi connectivity index (χ1n) is 8.86. The van der Waals surface area contributed by atoms with Crippen molar-refractivity contribution in [1.29, 1.82) is 0 Å². The molecule has 25 heavy (non-hydrogen) atoms. The maximum absolute atomic E-state index is 12.3. The van der Waals surface area contributed by atoms with Crippen LogP contribution in [0.1, 0.15) is 48.4 Å². The van der Waals surface area contributed by atoms with Gasteiger partial charge in [0.1, 0.15) is 0 Å². The fraction of sp³-hybridized carbons (Fsp3) is 0.333. The molecule has 1 atom stereocenters. The van der Waals surface area contributed by atoms with Crippen LogP contribution in [0.5, 0.6) is 0 Å². The normalized spacial score (nSPS) is 12.2. The fourth-order valence-electron chi connectivity index (χ4n) is 2.91. The highest BCUT2D eigenvalue weighted by atomic mass is 32.1. The molecule has 0 aliphatic heterocycles. The zero-order valence-electron chi connectivity index (χ0n) is 14.8. The number of hydrogen-bond acceptors (Lipinski definition) is 3. The topological polar surface area (TPSA) is 42.0 Å². The summed E-state index contributed by atoms with van der Waals surface area (Å²) in [5.41, 5.74) is 3.46. The van der Waals surface area contributed by atoms with Crippen molar-refractivity contribution in [3.8, 4) is 0 Å². The third-order valence-corrected chi connectivity index (χ3v) is 5.45. The lowest BCUT2D eigenvalue weighted by atomic mass is 10.0. The van der Waals surface area contributed by atoms with Gasteiger partial charge in [0.25, 0.3) is 0 Å². The Morgan fingerprint density at radius 2 is 1.92 bits per heavy atom. The number of para-hydroxylation sites is 1. The summed E-state index contributed by atoms with van der Waals surface area (Å²) in [7, 11) is 0. The van der Waals surface area contributed by atoms with Gasteiger partial charge in [-0.05, 0) is 43.9 Å². The summed E-state index contributed by atoms with van der Waals surface area (Å²) < 4.78 is 1.22. The molecule has 0 aliphatic rings. The highest BCUT2D eigenvalue weighted by Gasteiger charge is 2.12. The SMILES string of the molecule is CCC(NC(=O)CCCc1nc2ccccc2s1)c1ccc(C)cc1. The number of nitrogens with one attached hydrogen (secondary N) is 1. The minimum absolute atomic E-state index is 0.0931. The molecule has 2 aromatic carbocycles. The average molecular weight is 353 g/mol. The predicted molar refractivity (Wildman–Crippen MR) is 105 cm³/mol. The van der Waals surface area contributed by atoms with Crippen LogP contribution in [0.25, 0.3) is 10.2 Å².